The van der Waals surface area contributed by atoms with E-state index in [0.29, 0.717) is 0 Å². The first-order valence-corrected chi connectivity index (χ1v) is 19.5. The van der Waals surface area contributed by atoms with Crippen LogP contribution >= 0.6 is 11.3 Å². The first-order chi connectivity index (χ1) is 26.5. The lowest BCUT2D eigenvalue weighted by atomic mass is 9.80. The highest BCUT2D eigenvalue weighted by molar-refractivity contribution is 7.25. The molecular weight excluding hydrogens is 673 g/mol. The van der Waals surface area contributed by atoms with Crippen LogP contribution < -0.4 is 4.90 Å². The second-order valence-electron chi connectivity index (χ2n) is 15.0. The number of aromatic nitrogens is 1. The molecule has 54 heavy (non-hydrogen) atoms. The number of anilines is 3. The molecule has 0 saturated carbocycles. The number of benzene rings is 8. The molecule has 2 nitrogen and oxygen atoms in total. The van der Waals surface area contributed by atoms with Gasteiger partial charge in [-0.3, -0.25) is 0 Å². The maximum Gasteiger partial charge on any atom is 0.0541 e. The van der Waals surface area contributed by atoms with Crippen molar-refractivity contribution >= 4 is 70.4 Å². The van der Waals surface area contributed by atoms with Crippen LogP contribution in [0, 0.1) is 0 Å². The zero-order valence-corrected chi connectivity index (χ0v) is 30.9. The number of hydrogen-bond acceptors (Lipinski definition) is 2. The van der Waals surface area contributed by atoms with E-state index < -0.39 is 0 Å². The summed E-state index contributed by atoms with van der Waals surface area (Å²) in [6.07, 6.45) is 0. The first kappa shape index (κ1) is 31.1. The molecule has 11 rings (SSSR count). The Morgan fingerprint density at radius 2 is 1.15 bits per heavy atom. The smallest absolute Gasteiger partial charge is 0.0541 e. The molecule has 0 amide bonds. The summed E-state index contributed by atoms with van der Waals surface area (Å²) in [4.78, 5) is 2.50. The number of para-hydroxylation sites is 3. The molecule has 0 spiro atoms. The number of fused-ring (bicyclic) bond motifs is 9. The van der Waals surface area contributed by atoms with Crippen molar-refractivity contribution in [1.82, 2.24) is 4.57 Å². The molecule has 1 aliphatic rings. The molecule has 2 heterocycles. The van der Waals surface area contributed by atoms with Crippen LogP contribution in [0.5, 0.6) is 0 Å². The zero-order chi connectivity index (χ0) is 36.0. The van der Waals surface area contributed by atoms with E-state index in [1.165, 1.54) is 86.7 Å². The minimum Gasteiger partial charge on any atom is -0.310 e. The summed E-state index contributed by atoms with van der Waals surface area (Å²) in [5.41, 5.74) is 14.6. The maximum absolute atomic E-state index is 2.50. The predicted molar refractivity (Wildman–Crippen MR) is 231 cm³/mol. The van der Waals surface area contributed by atoms with Gasteiger partial charge in [0.1, 0.15) is 0 Å². The summed E-state index contributed by atoms with van der Waals surface area (Å²) in [5, 5.41) is 5.12. The molecule has 256 valence electrons. The van der Waals surface area contributed by atoms with E-state index >= 15 is 0 Å². The molecule has 0 atom stereocenters. The third kappa shape index (κ3) is 4.58. The van der Waals surface area contributed by atoms with Gasteiger partial charge in [-0.1, -0.05) is 117 Å². The second-order valence-corrected chi connectivity index (χ2v) is 16.0. The Bertz CT molecular complexity index is 3080. The molecule has 2 aromatic heterocycles. The van der Waals surface area contributed by atoms with Crippen LogP contribution in [0.3, 0.4) is 0 Å². The zero-order valence-electron chi connectivity index (χ0n) is 30.1. The molecule has 0 unspecified atom stereocenters. The van der Waals surface area contributed by atoms with Crippen molar-refractivity contribution in [2.24, 2.45) is 0 Å². The molecule has 10 aromatic rings. The van der Waals surface area contributed by atoms with E-state index in [1.54, 1.807) is 0 Å². The highest BCUT2D eigenvalue weighted by Gasteiger charge is 2.39. The molecule has 0 N–H and O–H groups in total. The summed E-state index contributed by atoms with van der Waals surface area (Å²) < 4.78 is 5.02. The first-order valence-electron chi connectivity index (χ1n) is 18.7. The largest absolute Gasteiger partial charge is 0.310 e. The van der Waals surface area contributed by atoms with Crippen LogP contribution in [0.1, 0.15) is 25.0 Å². The van der Waals surface area contributed by atoms with Gasteiger partial charge in [0.05, 0.1) is 16.7 Å². The van der Waals surface area contributed by atoms with Crippen LogP contribution in [0.4, 0.5) is 17.1 Å². The van der Waals surface area contributed by atoms with E-state index in [2.05, 4.69) is 205 Å². The molecule has 0 fully saturated rings. The third-order valence-corrected chi connectivity index (χ3v) is 12.7. The molecule has 8 aromatic carbocycles. The number of hydrogen-bond donors (Lipinski definition) is 0. The fourth-order valence-electron chi connectivity index (χ4n) is 9.10. The Morgan fingerprint density at radius 1 is 0.463 bits per heavy atom. The quantitative estimate of drug-likeness (QED) is 0.173. The molecule has 0 radical (unpaired) electrons. The minimum atomic E-state index is -0.209. The van der Waals surface area contributed by atoms with Gasteiger partial charge in [0.2, 0.25) is 0 Å². The molecule has 0 saturated heterocycles. The van der Waals surface area contributed by atoms with Gasteiger partial charge in [-0.05, 0) is 112 Å². The Kier molecular flexibility index (Phi) is 6.80. The molecule has 0 aliphatic heterocycles. The van der Waals surface area contributed by atoms with Gasteiger partial charge in [0.15, 0.2) is 0 Å². The standard InChI is InChI=1S/C51H36N2S/c1-51(2)44-22-12-9-19-38(44)43-30-34(33-25-27-46-41(29-33)39-20-10-13-23-45(39)53(46)36-17-7-4-8-18-36)31-47(50(43)51)52(35-15-5-3-6-16-35)37-26-28-49-42(32-37)40-21-11-14-24-48(40)54-49/h3-32H,1-2H3. The van der Waals surface area contributed by atoms with Crippen molar-refractivity contribution in [1.29, 1.82) is 0 Å². The lowest BCUT2D eigenvalue weighted by Gasteiger charge is -2.33. The predicted octanol–water partition coefficient (Wildman–Crippen LogP) is 14.6. The Balaban J connectivity index is 1.19. The Hall–Kier alpha value is -6.42. The minimum absolute atomic E-state index is 0.209. The SMILES string of the molecule is CC1(C)c2ccccc2-c2cc(-c3ccc4c(c3)c3ccccc3n4-c3ccccc3)cc(N(c3ccccc3)c3ccc4sc5ccccc5c4c3)c21. The van der Waals surface area contributed by atoms with Gasteiger partial charge in [0.25, 0.3) is 0 Å². The van der Waals surface area contributed by atoms with Crippen molar-refractivity contribution in [3.05, 3.63) is 193 Å². The summed E-state index contributed by atoms with van der Waals surface area (Å²) in [7, 11) is 0. The van der Waals surface area contributed by atoms with Gasteiger partial charge >= 0.3 is 0 Å². The molecule has 0 bridgehead atoms. The lowest BCUT2D eigenvalue weighted by Crippen LogP contribution is -2.20. The van der Waals surface area contributed by atoms with Crippen LogP contribution in [-0.2, 0) is 5.41 Å². The maximum atomic E-state index is 2.50. The van der Waals surface area contributed by atoms with Crippen molar-refractivity contribution in [2.45, 2.75) is 19.3 Å². The van der Waals surface area contributed by atoms with Crippen LogP contribution in [-0.4, -0.2) is 4.57 Å². The fraction of sp³-hybridized carbons (Fsp3) is 0.0588. The Morgan fingerprint density at radius 3 is 2.00 bits per heavy atom. The van der Waals surface area contributed by atoms with Crippen molar-refractivity contribution in [2.75, 3.05) is 4.90 Å². The number of nitrogens with zero attached hydrogens (tertiary/aromatic N) is 2. The highest BCUT2D eigenvalue weighted by Crippen LogP contribution is 2.56. The topological polar surface area (TPSA) is 8.17 Å². The molecule has 3 heteroatoms. The third-order valence-electron chi connectivity index (χ3n) is 11.5. The van der Waals surface area contributed by atoms with Crippen molar-refractivity contribution in [3.63, 3.8) is 0 Å². The van der Waals surface area contributed by atoms with Gasteiger partial charge in [-0.15, -0.1) is 11.3 Å². The summed E-state index contributed by atoms with van der Waals surface area (Å²) in [5.74, 6) is 0. The van der Waals surface area contributed by atoms with Crippen LogP contribution in [0.15, 0.2) is 182 Å². The van der Waals surface area contributed by atoms with Gasteiger partial charge in [-0.2, -0.15) is 0 Å². The van der Waals surface area contributed by atoms with Crippen LogP contribution in [0.2, 0.25) is 0 Å². The highest BCUT2D eigenvalue weighted by atomic mass is 32.1. The van der Waals surface area contributed by atoms with Gasteiger partial charge in [0, 0.05) is 53.4 Å². The van der Waals surface area contributed by atoms with Crippen LogP contribution in [0.25, 0.3) is 69.9 Å². The monoisotopic (exact) mass is 708 g/mol. The fourth-order valence-corrected chi connectivity index (χ4v) is 10.2. The summed E-state index contributed by atoms with van der Waals surface area (Å²) in [6.45, 7) is 4.79. The summed E-state index contributed by atoms with van der Waals surface area (Å²) >= 11 is 1.87. The van der Waals surface area contributed by atoms with Gasteiger partial charge in [-0.25, -0.2) is 0 Å². The van der Waals surface area contributed by atoms with Crippen molar-refractivity contribution in [3.8, 4) is 27.9 Å². The van der Waals surface area contributed by atoms with E-state index in [0.717, 1.165) is 11.4 Å². The van der Waals surface area contributed by atoms with Gasteiger partial charge < -0.3 is 9.47 Å². The normalized spacial score (nSPS) is 13.1. The van der Waals surface area contributed by atoms with E-state index in [9.17, 15) is 0 Å². The lowest BCUT2D eigenvalue weighted by molar-refractivity contribution is 0.661. The molecular formula is C51H36N2S. The number of thiophene rings is 1. The van der Waals surface area contributed by atoms with E-state index in [1.807, 2.05) is 11.3 Å². The van der Waals surface area contributed by atoms with E-state index in [4.69, 9.17) is 0 Å². The summed E-state index contributed by atoms with van der Waals surface area (Å²) in [6, 6.07) is 67.1. The average molecular weight is 709 g/mol. The average Bonchev–Trinajstić information content (AvgIpc) is 3.84. The van der Waals surface area contributed by atoms with Crippen molar-refractivity contribution < 1.29 is 0 Å². The number of rotatable bonds is 5. The molecule has 1 aliphatic carbocycles. The Labute approximate surface area is 318 Å². The van der Waals surface area contributed by atoms with E-state index in [-0.39, 0.29) is 5.41 Å². The second kappa shape index (κ2) is 11.8.